The van der Waals surface area contributed by atoms with Crippen LogP contribution in [0.15, 0.2) is 54.9 Å². The van der Waals surface area contributed by atoms with Gasteiger partial charge in [-0.3, -0.25) is 0 Å². The highest BCUT2D eigenvalue weighted by Gasteiger charge is 2.37. The maximum Gasteiger partial charge on any atom is 0.328 e. The third-order valence-electron chi connectivity index (χ3n) is 5.51. The Bertz CT molecular complexity index is 1120. The van der Waals surface area contributed by atoms with Crippen LogP contribution in [0.4, 0.5) is 9.18 Å². The first-order valence-electron chi connectivity index (χ1n) is 10.1. The quantitative estimate of drug-likeness (QED) is 0.574. The number of urea groups is 1. The summed E-state index contributed by atoms with van der Waals surface area (Å²) >= 11 is 5.92. The average molecular weight is 457 g/mol. The molecule has 4 rings (SSSR count). The van der Waals surface area contributed by atoms with Crippen molar-refractivity contribution in [3.63, 3.8) is 0 Å². The molecule has 2 heterocycles. The Labute approximate surface area is 189 Å². The van der Waals surface area contributed by atoms with Crippen molar-refractivity contribution in [1.82, 2.24) is 20.2 Å². The molecule has 0 radical (unpaired) electrons. The number of benzene rings is 2. The lowest BCUT2D eigenvalue weighted by Gasteiger charge is -2.36. The fraction of sp³-hybridized carbons (Fsp3) is 0.261. The van der Waals surface area contributed by atoms with Crippen molar-refractivity contribution in [3.05, 3.63) is 88.2 Å². The van der Waals surface area contributed by atoms with Crippen LogP contribution in [0.3, 0.4) is 0 Å². The second-order valence-corrected chi connectivity index (χ2v) is 7.93. The van der Waals surface area contributed by atoms with E-state index in [0.29, 0.717) is 18.7 Å². The van der Waals surface area contributed by atoms with Crippen LogP contribution in [-0.4, -0.2) is 46.6 Å². The van der Waals surface area contributed by atoms with E-state index in [0.717, 1.165) is 11.3 Å². The number of carbonyl (C=O) groups is 2. The van der Waals surface area contributed by atoms with Crippen molar-refractivity contribution in [1.29, 1.82) is 0 Å². The first kappa shape index (κ1) is 21.8. The van der Waals surface area contributed by atoms with Gasteiger partial charge in [0, 0.05) is 35.7 Å². The molecule has 0 fully saturated rings. The van der Waals surface area contributed by atoms with Gasteiger partial charge in [0.25, 0.3) is 0 Å². The summed E-state index contributed by atoms with van der Waals surface area (Å²) in [6, 6.07) is 11.5. The Morgan fingerprint density at radius 3 is 2.81 bits per heavy atom. The molecule has 2 atom stereocenters. The molecule has 0 saturated carbocycles. The zero-order valence-electron chi connectivity index (χ0n) is 17.3. The Morgan fingerprint density at radius 2 is 2.09 bits per heavy atom. The molecular formula is C23H22ClFN4O3. The number of carbonyl (C=O) groups excluding carboxylic acids is 2. The molecular weight excluding hydrogens is 435 g/mol. The van der Waals surface area contributed by atoms with Gasteiger partial charge in [-0.1, -0.05) is 48.0 Å². The normalized spacial score (nSPS) is 16.2. The van der Waals surface area contributed by atoms with Crippen molar-refractivity contribution in [2.75, 3.05) is 13.7 Å². The van der Waals surface area contributed by atoms with E-state index in [1.54, 1.807) is 12.1 Å². The molecule has 1 aromatic heterocycles. The van der Waals surface area contributed by atoms with Crippen LogP contribution in [0.1, 0.15) is 28.6 Å². The number of esters is 1. The van der Waals surface area contributed by atoms with Crippen LogP contribution in [0.25, 0.3) is 0 Å². The van der Waals surface area contributed by atoms with Gasteiger partial charge in [0.2, 0.25) is 0 Å². The van der Waals surface area contributed by atoms with Crippen LogP contribution in [0, 0.1) is 5.82 Å². The van der Waals surface area contributed by atoms with E-state index in [1.807, 2.05) is 30.3 Å². The molecule has 1 aliphatic rings. The van der Waals surface area contributed by atoms with E-state index in [2.05, 4.69) is 15.3 Å². The van der Waals surface area contributed by atoms with Crippen LogP contribution < -0.4 is 5.32 Å². The molecule has 0 spiro atoms. The zero-order chi connectivity index (χ0) is 22.7. The van der Waals surface area contributed by atoms with Gasteiger partial charge in [0.05, 0.1) is 19.1 Å². The number of nitrogens with one attached hydrogen (secondary N) is 2. The van der Waals surface area contributed by atoms with Crippen molar-refractivity contribution < 1.29 is 18.7 Å². The molecule has 0 aliphatic carbocycles. The number of amides is 2. The summed E-state index contributed by atoms with van der Waals surface area (Å²) in [5, 5.41) is 3.02. The Balaban J connectivity index is 1.63. The minimum Gasteiger partial charge on any atom is -0.467 e. The summed E-state index contributed by atoms with van der Waals surface area (Å²) in [6.07, 6.45) is 2.32. The second kappa shape index (κ2) is 9.40. The Morgan fingerprint density at radius 1 is 1.31 bits per heavy atom. The van der Waals surface area contributed by atoms with E-state index in [-0.39, 0.29) is 17.0 Å². The van der Waals surface area contributed by atoms with Crippen LogP contribution >= 0.6 is 11.6 Å². The number of halogens is 2. The average Bonchev–Trinajstić information content (AvgIpc) is 3.27. The standard InChI is InChI=1S/C23H22ClFN4O3/c1-32-22(30)19(11-14-5-3-2-4-6-14)28-23(31)29-10-9-18-20(27-13-26-18)21(29)16-8-7-15(24)12-17(16)25/h2-8,12-13,19,21H,9-11H2,1H3,(H,26,27)(H,28,31)/t19-,21-/m0/s1. The van der Waals surface area contributed by atoms with E-state index < -0.39 is 29.9 Å². The predicted octanol–water partition coefficient (Wildman–Crippen LogP) is 3.64. The monoisotopic (exact) mass is 456 g/mol. The summed E-state index contributed by atoms with van der Waals surface area (Å²) in [5.74, 6) is -1.10. The highest BCUT2D eigenvalue weighted by Crippen LogP contribution is 2.35. The number of fused-ring (bicyclic) bond motifs is 1. The summed E-state index contributed by atoms with van der Waals surface area (Å²) < 4.78 is 19.7. The zero-order valence-corrected chi connectivity index (χ0v) is 18.1. The summed E-state index contributed by atoms with van der Waals surface area (Å²) in [5.41, 5.74) is 2.54. The lowest BCUT2D eigenvalue weighted by Crippen LogP contribution is -2.52. The minimum atomic E-state index is -0.897. The summed E-state index contributed by atoms with van der Waals surface area (Å²) in [7, 11) is 1.27. The molecule has 2 aromatic carbocycles. The van der Waals surface area contributed by atoms with Crippen LogP contribution in [-0.2, 0) is 22.4 Å². The third kappa shape index (κ3) is 4.45. The number of hydrogen-bond acceptors (Lipinski definition) is 4. The first-order chi connectivity index (χ1) is 15.5. The number of ether oxygens (including phenoxy) is 1. The van der Waals surface area contributed by atoms with Gasteiger partial charge in [-0.05, 0) is 17.7 Å². The van der Waals surface area contributed by atoms with Crippen molar-refractivity contribution in [3.8, 4) is 0 Å². The maximum atomic E-state index is 14.8. The molecule has 3 aromatic rings. The highest BCUT2D eigenvalue weighted by molar-refractivity contribution is 6.30. The first-order valence-corrected chi connectivity index (χ1v) is 10.5. The van der Waals surface area contributed by atoms with E-state index in [9.17, 15) is 14.0 Å². The number of aromatic nitrogens is 2. The molecule has 2 N–H and O–H groups in total. The third-order valence-corrected chi connectivity index (χ3v) is 5.74. The summed E-state index contributed by atoms with van der Waals surface area (Å²) in [4.78, 5) is 34.6. The Hall–Kier alpha value is -3.39. The lowest BCUT2D eigenvalue weighted by atomic mass is 9.95. The van der Waals surface area contributed by atoms with Crippen LogP contribution in [0.2, 0.25) is 5.02 Å². The highest BCUT2D eigenvalue weighted by atomic mass is 35.5. The van der Waals surface area contributed by atoms with Crippen molar-refractivity contribution >= 4 is 23.6 Å². The maximum absolute atomic E-state index is 14.8. The van der Waals surface area contributed by atoms with Gasteiger partial charge in [-0.25, -0.2) is 19.0 Å². The smallest absolute Gasteiger partial charge is 0.328 e. The molecule has 7 nitrogen and oxygen atoms in total. The van der Waals surface area contributed by atoms with E-state index in [1.165, 1.54) is 24.4 Å². The van der Waals surface area contributed by atoms with Crippen molar-refractivity contribution in [2.45, 2.75) is 24.9 Å². The van der Waals surface area contributed by atoms with Gasteiger partial charge in [-0.2, -0.15) is 0 Å². The predicted molar refractivity (Wildman–Crippen MR) is 117 cm³/mol. The molecule has 166 valence electrons. The number of aromatic amines is 1. The molecule has 1 aliphatic heterocycles. The SMILES string of the molecule is COC(=O)[C@H](Cc1ccccc1)NC(=O)N1CCc2[nH]cnc2[C@@H]1c1ccc(Cl)cc1F. The summed E-state index contributed by atoms with van der Waals surface area (Å²) in [6.45, 7) is 0.312. The molecule has 2 amide bonds. The van der Waals surface area contributed by atoms with Gasteiger partial charge in [-0.15, -0.1) is 0 Å². The lowest BCUT2D eigenvalue weighted by molar-refractivity contribution is -0.142. The second-order valence-electron chi connectivity index (χ2n) is 7.49. The van der Waals surface area contributed by atoms with Crippen molar-refractivity contribution in [2.24, 2.45) is 0 Å². The van der Waals surface area contributed by atoms with Crippen LogP contribution in [0.5, 0.6) is 0 Å². The topological polar surface area (TPSA) is 87.3 Å². The molecule has 32 heavy (non-hydrogen) atoms. The van der Waals surface area contributed by atoms with E-state index in [4.69, 9.17) is 16.3 Å². The fourth-order valence-corrected chi connectivity index (χ4v) is 4.11. The number of imidazole rings is 1. The molecule has 9 heteroatoms. The molecule has 0 bridgehead atoms. The van der Waals surface area contributed by atoms with E-state index >= 15 is 0 Å². The number of nitrogens with zero attached hydrogens (tertiary/aromatic N) is 2. The van der Waals surface area contributed by atoms with Gasteiger partial charge < -0.3 is 19.9 Å². The van der Waals surface area contributed by atoms with Gasteiger partial charge >= 0.3 is 12.0 Å². The number of methoxy groups -OCH3 is 1. The largest absolute Gasteiger partial charge is 0.467 e. The molecule has 0 unspecified atom stereocenters. The number of rotatable bonds is 5. The fourth-order valence-electron chi connectivity index (χ4n) is 3.95. The number of hydrogen-bond donors (Lipinski definition) is 2. The minimum absolute atomic E-state index is 0.258. The Kier molecular flexibility index (Phi) is 6.41. The van der Waals surface area contributed by atoms with Gasteiger partial charge in [0.1, 0.15) is 17.9 Å². The number of H-pyrrole nitrogens is 1. The van der Waals surface area contributed by atoms with Gasteiger partial charge in [0.15, 0.2) is 0 Å². The molecule has 0 saturated heterocycles.